The molecule has 0 saturated heterocycles. The largest absolute Gasteiger partial charge is 0.396 e. The van der Waals surface area contributed by atoms with Gasteiger partial charge in [-0.1, -0.05) is 0 Å². The highest BCUT2D eigenvalue weighted by Gasteiger charge is 2.20. The second-order valence-corrected chi connectivity index (χ2v) is 5.77. The Balaban J connectivity index is 4.32. The molecule has 0 unspecified atom stereocenters. The molecule has 1 N–H and O–H groups in total. The molecule has 0 aliphatic heterocycles. The molecule has 0 aromatic carbocycles. The Bertz CT molecular complexity index is 271. The Kier molecular flexibility index (Phi) is 10.6. The molecule has 18 heavy (non-hydrogen) atoms. The molecule has 0 aromatic heterocycles. The lowest BCUT2D eigenvalue weighted by molar-refractivity contribution is 0.110. The molecule has 0 heterocycles. The molecule has 110 valence electrons. The Labute approximate surface area is 110 Å². The third kappa shape index (κ3) is 7.99. The molecule has 0 rings (SSSR count). The van der Waals surface area contributed by atoms with Gasteiger partial charge in [0.2, 0.25) is 10.0 Å². The summed E-state index contributed by atoms with van der Waals surface area (Å²) in [6.07, 6.45) is 0.252. The van der Waals surface area contributed by atoms with Crippen molar-refractivity contribution in [2.75, 3.05) is 51.9 Å². The summed E-state index contributed by atoms with van der Waals surface area (Å²) in [6, 6.07) is 0. The summed E-state index contributed by atoms with van der Waals surface area (Å²) in [7, 11) is -3.33. The minimum absolute atomic E-state index is 0.0399. The zero-order chi connectivity index (χ0) is 13.9. The first-order chi connectivity index (χ1) is 8.58. The van der Waals surface area contributed by atoms with Gasteiger partial charge in [-0.05, 0) is 20.3 Å². The fourth-order valence-electron chi connectivity index (χ4n) is 1.39. The molecule has 0 bridgehead atoms. The fraction of sp³-hybridized carbons (Fsp3) is 1.00. The summed E-state index contributed by atoms with van der Waals surface area (Å²) in [5, 5.41) is 8.71. The fourth-order valence-corrected chi connectivity index (χ4v) is 2.84. The molecule has 0 amide bonds. The van der Waals surface area contributed by atoms with Crippen molar-refractivity contribution in [1.82, 2.24) is 4.31 Å². The molecule has 7 heteroatoms. The number of aliphatic hydroxyl groups is 1. The van der Waals surface area contributed by atoms with Crippen molar-refractivity contribution in [2.24, 2.45) is 0 Å². The summed E-state index contributed by atoms with van der Waals surface area (Å²) in [6.45, 7) is 6.15. The number of rotatable bonds is 12. The Hall–Kier alpha value is -0.210. The Morgan fingerprint density at radius 1 is 1.06 bits per heavy atom. The van der Waals surface area contributed by atoms with Gasteiger partial charge in [0.25, 0.3) is 0 Å². The van der Waals surface area contributed by atoms with Crippen LogP contribution in [0.1, 0.15) is 20.3 Å². The number of ether oxygens (including phenoxy) is 2. The molecular weight excluding hydrogens is 258 g/mol. The van der Waals surface area contributed by atoms with Gasteiger partial charge in [-0.15, -0.1) is 0 Å². The van der Waals surface area contributed by atoms with Crippen LogP contribution in [-0.4, -0.2) is 69.7 Å². The maximum absolute atomic E-state index is 12.0. The number of aliphatic hydroxyl groups excluding tert-OH is 1. The smallest absolute Gasteiger partial charge is 0.214 e. The minimum Gasteiger partial charge on any atom is -0.396 e. The van der Waals surface area contributed by atoms with Crippen molar-refractivity contribution in [3.05, 3.63) is 0 Å². The molecule has 0 saturated carbocycles. The normalized spacial score (nSPS) is 12.2. The Morgan fingerprint density at radius 3 is 1.94 bits per heavy atom. The molecule has 6 nitrogen and oxygen atoms in total. The molecule has 0 atom stereocenters. The Morgan fingerprint density at radius 2 is 1.56 bits per heavy atom. The zero-order valence-electron chi connectivity index (χ0n) is 11.3. The van der Waals surface area contributed by atoms with Gasteiger partial charge >= 0.3 is 0 Å². The summed E-state index contributed by atoms with van der Waals surface area (Å²) in [5.41, 5.74) is 0. The average molecular weight is 283 g/mol. The monoisotopic (exact) mass is 283 g/mol. The van der Waals surface area contributed by atoms with E-state index in [1.165, 1.54) is 4.31 Å². The van der Waals surface area contributed by atoms with Gasteiger partial charge < -0.3 is 14.6 Å². The predicted molar refractivity (Wildman–Crippen MR) is 70.0 cm³/mol. The van der Waals surface area contributed by atoms with E-state index in [0.717, 1.165) is 0 Å². The van der Waals surface area contributed by atoms with Crippen molar-refractivity contribution in [3.63, 3.8) is 0 Å². The summed E-state index contributed by atoms with van der Waals surface area (Å²) in [4.78, 5) is 0. The van der Waals surface area contributed by atoms with Gasteiger partial charge in [-0.2, -0.15) is 4.31 Å². The van der Waals surface area contributed by atoms with Crippen LogP contribution >= 0.6 is 0 Å². The van der Waals surface area contributed by atoms with Crippen LogP contribution in [-0.2, 0) is 19.5 Å². The van der Waals surface area contributed by atoms with Gasteiger partial charge in [-0.25, -0.2) is 8.42 Å². The van der Waals surface area contributed by atoms with Gasteiger partial charge in [0.05, 0.1) is 19.0 Å². The molecule has 0 fully saturated rings. The van der Waals surface area contributed by atoms with Crippen LogP contribution in [0.3, 0.4) is 0 Å². The van der Waals surface area contributed by atoms with E-state index >= 15 is 0 Å². The van der Waals surface area contributed by atoms with Crippen molar-refractivity contribution in [2.45, 2.75) is 20.3 Å². The van der Waals surface area contributed by atoms with Crippen molar-refractivity contribution in [1.29, 1.82) is 0 Å². The van der Waals surface area contributed by atoms with Crippen molar-refractivity contribution in [3.8, 4) is 0 Å². The predicted octanol–water partition coefficient (Wildman–Crippen LogP) is 0.0736. The maximum atomic E-state index is 12.0. The molecule has 0 aliphatic carbocycles. The van der Waals surface area contributed by atoms with Crippen LogP contribution in [0.2, 0.25) is 0 Å². The summed E-state index contributed by atoms with van der Waals surface area (Å²) in [5.74, 6) is -0.0399. The lowest BCUT2D eigenvalue weighted by Crippen LogP contribution is -2.38. The van der Waals surface area contributed by atoms with E-state index < -0.39 is 10.0 Å². The molecule has 0 aromatic rings. The molecule has 0 radical (unpaired) electrons. The average Bonchev–Trinajstić information content (AvgIpc) is 2.35. The molecular formula is C11H25NO5S. The third-order valence-electron chi connectivity index (χ3n) is 2.33. The SMILES string of the molecule is CCOCCN(CCOCC)S(=O)(=O)CCCO. The quantitative estimate of drug-likeness (QED) is 0.513. The maximum Gasteiger partial charge on any atom is 0.214 e. The van der Waals surface area contributed by atoms with E-state index in [4.69, 9.17) is 14.6 Å². The van der Waals surface area contributed by atoms with E-state index in [-0.39, 0.29) is 18.8 Å². The van der Waals surface area contributed by atoms with E-state index in [1.807, 2.05) is 13.8 Å². The first kappa shape index (κ1) is 17.8. The van der Waals surface area contributed by atoms with Gasteiger partial charge in [0, 0.05) is 32.9 Å². The summed E-state index contributed by atoms with van der Waals surface area (Å²) >= 11 is 0. The van der Waals surface area contributed by atoms with Crippen LogP contribution in [0, 0.1) is 0 Å². The van der Waals surface area contributed by atoms with Crippen LogP contribution in [0.5, 0.6) is 0 Å². The standard InChI is InChI=1S/C11H25NO5S/c1-3-16-9-6-12(7-10-17-4-2)18(14,15)11-5-8-13/h13H,3-11H2,1-2H3. The van der Waals surface area contributed by atoms with Crippen molar-refractivity contribution < 1.29 is 23.0 Å². The topological polar surface area (TPSA) is 76.1 Å². The number of sulfonamides is 1. The lowest BCUT2D eigenvalue weighted by Gasteiger charge is -2.21. The number of hydrogen-bond donors (Lipinski definition) is 1. The van der Waals surface area contributed by atoms with E-state index in [1.54, 1.807) is 0 Å². The highest BCUT2D eigenvalue weighted by molar-refractivity contribution is 7.89. The lowest BCUT2D eigenvalue weighted by atomic mass is 10.5. The highest BCUT2D eigenvalue weighted by Crippen LogP contribution is 2.03. The third-order valence-corrected chi connectivity index (χ3v) is 4.29. The minimum atomic E-state index is -3.33. The first-order valence-electron chi connectivity index (χ1n) is 6.32. The van der Waals surface area contributed by atoms with Crippen LogP contribution in [0.4, 0.5) is 0 Å². The molecule has 0 spiro atoms. The first-order valence-corrected chi connectivity index (χ1v) is 7.93. The molecule has 0 aliphatic rings. The van der Waals surface area contributed by atoms with E-state index in [2.05, 4.69) is 0 Å². The number of nitrogens with zero attached hydrogens (tertiary/aromatic N) is 1. The second kappa shape index (κ2) is 10.7. The zero-order valence-corrected chi connectivity index (χ0v) is 12.1. The number of hydrogen-bond acceptors (Lipinski definition) is 5. The van der Waals surface area contributed by atoms with Gasteiger partial charge in [0.1, 0.15) is 0 Å². The van der Waals surface area contributed by atoms with Crippen LogP contribution < -0.4 is 0 Å². The van der Waals surface area contributed by atoms with E-state index in [0.29, 0.717) is 39.5 Å². The van der Waals surface area contributed by atoms with Crippen molar-refractivity contribution >= 4 is 10.0 Å². The second-order valence-electron chi connectivity index (χ2n) is 3.69. The van der Waals surface area contributed by atoms with Crippen LogP contribution in [0.25, 0.3) is 0 Å². The van der Waals surface area contributed by atoms with Gasteiger partial charge in [-0.3, -0.25) is 0 Å². The van der Waals surface area contributed by atoms with Crippen LogP contribution in [0.15, 0.2) is 0 Å². The van der Waals surface area contributed by atoms with E-state index in [9.17, 15) is 8.42 Å². The highest BCUT2D eigenvalue weighted by atomic mass is 32.2. The van der Waals surface area contributed by atoms with Gasteiger partial charge in [0.15, 0.2) is 0 Å². The summed E-state index contributed by atoms with van der Waals surface area (Å²) < 4.78 is 35.7.